The van der Waals surface area contributed by atoms with E-state index in [2.05, 4.69) is 0 Å². The molecule has 120 valence electrons. The largest absolute Gasteiger partial charge is 0.508 e. The quantitative estimate of drug-likeness (QED) is 0.467. The van der Waals surface area contributed by atoms with Gasteiger partial charge in [-0.05, 0) is 38.5 Å². The first-order chi connectivity index (χ1) is 9.29. The number of carbonyl (C=O) groups is 1. The zero-order chi connectivity index (χ0) is 16.8. The zero-order valence-electron chi connectivity index (χ0n) is 11.8. The minimum absolute atomic E-state index is 0.139. The molecule has 0 aliphatic rings. The van der Waals surface area contributed by atoms with Gasteiger partial charge in [0.2, 0.25) is 0 Å². The molecule has 1 atom stereocenters. The highest BCUT2D eigenvalue weighted by Crippen LogP contribution is 2.18. The molecular formula is C12H19NO7S. The normalized spacial score (nSPS) is 12.9. The fraction of sp³-hybridized carbons (Fsp3) is 0.417. The maximum atomic E-state index is 11.6. The summed E-state index contributed by atoms with van der Waals surface area (Å²) < 4.78 is 36.7. The molecule has 0 aromatic heterocycles. The molecule has 0 amide bonds. The first kappa shape index (κ1) is 19.3. The van der Waals surface area contributed by atoms with Crippen LogP contribution in [0.15, 0.2) is 24.3 Å². The van der Waals surface area contributed by atoms with Gasteiger partial charge in [-0.3, -0.25) is 9.11 Å². The summed E-state index contributed by atoms with van der Waals surface area (Å²) in [5.41, 5.74) is 5.81. The molecule has 0 radical (unpaired) electrons. The number of aromatic hydroxyl groups is 1. The van der Waals surface area contributed by atoms with Crippen molar-refractivity contribution in [1.29, 1.82) is 0 Å². The summed E-state index contributed by atoms with van der Waals surface area (Å²) in [5.74, 6) is -0.335. The van der Waals surface area contributed by atoms with E-state index >= 15 is 0 Å². The van der Waals surface area contributed by atoms with Crippen molar-refractivity contribution in [2.24, 2.45) is 5.73 Å². The predicted octanol–water partition coefficient (Wildman–Crippen LogP) is 1.08. The molecule has 0 aliphatic heterocycles. The van der Waals surface area contributed by atoms with E-state index in [1.807, 2.05) is 0 Å². The van der Waals surface area contributed by atoms with Crippen LogP contribution >= 0.6 is 0 Å². The molecule has 8 nitrogen and oxygen atoms in total. The van der Waals surface area contributed by atoms with Crippen molar-refractivity contribution in [2.75, 3.05) is 0 Å². The monoisotopic (exact) mass is 321 g/mol. The van der Waals surface area contributed by atoms with Gasteiger partial charge in [-0.25, -0.2) is 4.79 Å². The van der Waals surface area contributed by atoms with Crippen LogP contribution < -0.4 is 5.73 Å². The first-order valence-corrected chi connectivity index (χ1v) is 7.16. The van der Waals surface area contributed by atoms with Crippen LogP contribution in [0.25, 0.3) is 0 Å². The van der Waals surface area contributed by atoms with Crippen molar-refractivity contribution in [1.82, 2.24) is 0 Å². The number of hydrogen-bond donors (Lipinski definition) is 4. The first-order valence-electron chi connectivity index (χ1n) is 5.77. The Hall–Kier alpha value is -1.68. The number of phenols is 1. The van der Waals surface area contributed by atoms with Gasteiger partial charge in [0.25, 0.3) is 0 Å². The molecular weight excluding hydrogens is 302 g/mol. The average molecular weight is 321 g/mol. The second-order valence-electron chi connectivity index (χ2n) is 5.05. The fourth-order valence-electron chi connectivity index (χ4n) is 1.18. The molecule has 21 heavy (non-hydrogen) atoms. The number of ether oxygens (including phenoxy) is 1. The minimum Gasteiger partial charge on any atom is -0.508 e. The number of nitrogens with two attached hydrogens (primary N) is 1. The summed E-state index contributed by atoms with van der Waals surface area (Å²) in [6, 6.07) is 5.35. The maximum absolute atomic E-state index is 11.6. The number of esters is 1. The molecule has 1 rings (SSSR count). The molecule has 0 saturated carbocycles. The average Bonchev–Trinajstić information content (AvgIpc) is 2.24. The molecule has 0 saturated heterocycles. The van der Waals surface area contributed by atoms with E-state index < -0.39 is 28.0 Å². The van der Waals surface area contributed by atoms with Crippen molar-refractivity contribution in [3.8, 4) is 5.75 Å². The Morgan fingerprint density at radius 1 is 1.19 bits per heavy atom. The van der Waals surface area contributed by atoms with Gasteiger partial charge in [0.15, 0.2) is 0 Å². The summed E-state index contributed by atoms with van der Waals surface area (Å²) in [6.07, 6.45) is 0. The van der Waals surface area contributed by atoms with Gasteiger partial charge in [-0.1, -0.05) is 12.1 Å². The highest BCUT2D eigenvalue weighted by molar-refractivity contribution is 7.79. The molecule has 0 heterocycles. The van der Waals surface area contributed by atoms with Crippen molar-refractivity contribution >= 4 is 16.4 Å². The Labute approximate surface area is 123 Å². The minimum atomic E-state index is -4.67. The van der Waals surface area contributed by atoms with Gasteiger partial charge in [0.05, 0.1) is 0 Å². The molecule has 1 aromatic carbocycles. The lowest BCUT2D eigenvalue weighted by Crippen LogP contribution is -2.31. The third-order valence-electron chi connectivity index (χ3n) is 1.91. The highest BCUT2D eigenvalue weighted by atomic mass is 32.3. The smallest absolute Gasteiger partial charge is 0.394 e. The Bertz CT molecular complexity index is 552. The van der Waals surface area contributed by atoms with E-state index in [0.29, 0.717) is 5.56 Å². The summed E-state index contributed by atoms with van der Waals surface area (Å²) in [6.45, 7) is 5.36. The fourth-order valence-corrected chi connectivity index (χ4v) is 1.18. The van der Waals surface area contributed by atoms with Crippen LogP contribution in [0.2, 0.25) is 0 Å². The molecule has 0 spiro atoms. The van der Waals surface area contributed by atoms with Gasteiger partial charge in [-0.2, -0.15) is 8.42 Å². The summed E-state index contributed by atoms with van der Waals surface area (Å²) >= 11 is 0. The van der Waals surface area contributed by atoms with Crippen molar-refractivity contribution < 1.29 is 32.2 Å². The van der Waals surface area contributed by atoms with Gasteiger partial charge in [-0.15, -0.1) is 0 Å². The molecule has 0 bridgehead atoms. The molecule has 0 unspecified atom stereocenters. The Balaban J connectivity index is 0.000000690. The van der Waals surface area contributed by atoms with Crippen molar-refractivity contribution in [3.63, 3.8) is 0 Å². The van der Waals surface area contributed by atoms with Crippen LogP contribution in [-0.4, -0.2) is 34.2 Å². The maximum Gasteiger partial charge on any atom is 0.394 e. The van der Waals surface area contributed by atoms with Gasteiger partial charge >= 0.3 is 16.4 Å². The Morgan fingerprint density at radius 3 is 1.90 bits per heavy atom. The van der Waals surface area contributed by atoms with E-state index in [4.69, 9.17) is 33.1 Å². The third kappa shape index (κ3) is 10.7. The number of carbonyl (C=O) groups excluding carboxylic acids is 1. The lowest BCUT2D eigenvalue weighted by Gasteiger charge is -2.22. The SMILES string of the molecule is CC(C)(C)OC(=O)[C@H](N)c1ccc(O)cc1.O=S(=O)(O)O. The van der Waals surface area contributed by atoms with Crippen molar-refractivity contribution in [3.05, 3.63) is 29.8 Å². The lowest BCUT2D eigenvalue weighted by molar-refractivity contribution is -0.156. The predicted molar refractivity (Wildman–Crippen MR) is 75.1 cm³/mol. The molecule has 9 heteroatoms. The second kappa shape index (κ2) is 7.36. The standard InChI is InChI=1S/C12H17NO3.H2O4S/c1-12(2,3)16-11(15)10(13)8-4-6-9(14)7-5-8;1-5(2,3)4/h4-7,10,14H,13H2,1-3H3;(H2,1,2,3,4)/t10-;/m1./s1. The van der Waals surface area contributed by atoms with Crippen LogP contribution in [0.4, 0.5) is 0 Å². The van der Waals surface area contributed by atoms with Crippen LogP contribution in [0, 0.1) is 0 Å². The van der Waals surface area contributed by atoms with Gasteiger partial charge in [0, 0.05) is 0 Å². The van der Waals surface area contributed by atoms with E-state index in [9.17, 15) is 4.79 Å². The molecule has 1 aromatic rings. The van der Waals surface area contributed by atoms with Gasteiger partial charge < -0.3 is 15.6 Å². The Morgan fingerprint density at radius 2 is 1.57 bits per heavy atom. The van der Waals surface area contributed by atoms with E-state index in [1.54, 1.807) is 32.9 Å². The number of rotatable bonds is 2. The lowest BCUT2D eigenvalue weighted by atomic mass is 10.1. The summed E-state index contributed by atoms with van der Waals surface area (Å²) in [7, 11) is -4.67. The van der Waals surface area contributed by atoms with Crippen LogP contribution in [0.1, 0.15) is 32.4 Å². The number of phenolic OH excluding ortho intramolecular Hbond substituents is 1. The third-order valence-corrected chi connectivity index (χ3v) is 1.91. The second-order valence-corrected chi connectivity index (χ2v) is 5.95. The van der Waals surface area contributed by atoms with Crippen LogP contribution in [0.3, 0.4) is 0 Å². The van der Waals surface area contributed by atoms with E-state index in [-0.39, 0.29) is 5.75 Å². The topological polar surface area (TPSA) is 147 Å². The highest BCUT2D eigenvalue weighted by Gasteiger charge is 2.23. The number of benzene rings is 1. The molecule has 0 fully saturated rings. The number of hydrogen-bond acceptors (Lipinski definition) is 6. The molecule has 5 N–H and O–H groups in total. The van der Waals surface area contributed by atoms with Crippen LogP contribution in [-0.2, 0) is 19.9 Å². The van der Waals surface area contributed by atoms with Crippen LogP contribution in [0.5, 0.6) is 5.75 Å². The van der Waals surface area contributed by atoms with E-state index in [1.165, 1.54) is 12.1 Å². The Kier molecular flexibility index (Phi) is 6.77. The zero-order valence-corrected chi connectivity index (χ0v) is 12.7. The summed E-state index contributed by atoms with van der Waals surface area (Å²) in [4.78, 5) is 11.6. The van der Waals surface area contributed by atoms with Crippen molar-refractivity contribution in [2.45, 2.75) is 32.4 Å². The van der Waals surface area contributed by atoms with E-state index in [0.717, 1.165) is 0 Å². The summed E-state index contributed by atoms with van der Waals surface area (Å²) in [5, 5.41) is 9.11. The molecule has 0 aliphatic carbocycles. The van der Waals surface area contributed by atoms with Gasteiger partial charge in [0.1, 0.15) is 17.4 Å².